The van der Waals surface area contributed by atoms with E-state index in [1.165, 1.54) is 23.5 Å². The maximum atomic E-state index is 5.18. The van der Waals surface area contributed by atoms with Crippen molar-refractivity contribution >= 4 is 11.6 Å². The zero-order valence-electron chi connectivity index (χ0n) is 13.0. The highest BCUT2D eigenvalue weighted by molar-refractivity contribution is 5.56. The molecule has 118 valence electrons. The molecule has 2 aromatic rings. The number of nitrogens with zero attached hydrogens (tertiary/aromatic N) is 6. The monoisotopic (exact) mass is 302 g/mol. The number of anilines is 1. The van der Waals surface area contributed by atoms with E-state index in [9.17, 15) is 0 Å². The minimum atomic E-state index is 0.734. The quantitative estimate of drug-likeness (QED) is 0.814. The number of methoxy groups -OCH3 is 1. The minimum Gasteiger partial charge on any atom is -0.383 e. The molecule has 1 aliphatic heterocycles. The average Bonchev–Trinajstić information content (AvgIpc) is 3.19. The molecular formula is C15H22N6O. The Morgan fingerprint density at radius 3 is 2.86 bits per heavy atom. The summed E-state index contributed by atoms with van der Waals surface area (Å²) in [6.07, 6.45) is 4.98. The van der Waals surface area contributed by atoms with Crippen molar-refractivity contribution in [2.45, 2.75) is 19.3 Å². The van der Waals surface area contributed by atoms with E-state index >= 15 is 0 Å². The number of aryl methyl sites for hydroxylation is 1. The van der Waals surface area contributed by atoms with Crippen LogP contribution in [0.15, 0.2) is 6.33 Å². The lowest BCUT2D eigenvalue weighted by Crippen LogP contribution is -2.48. The zero-order valence-corrected chi connectivity index (χ0v) is 13.0. The molecule has 3 heterocycles. The van der Waals surface area contributed by atoms with Gasteiger partial charge in [0.15, 0.2) is 0 Å². The minimum absolute atomic E-state index is 0.734. The van der Waals surface area contributed by atoms with Crippen LogP contribution in [0.2, 0.25) is 0 Å². The van der Waals surface area contributed by atoms with Crippen molar-refractivity contribution in [3.63, 3.8) is 0 Å². The first-order valence-corrected chi connectivity index (χ1v) is 8.04. The van der Waals surface area contributed by atoms with E-state index < -0.39 is 0 Å². The largest absolute Gasteiger partial charge is 0.383 e. The van der Waals surface area contributed by atoms with E-state index in [1.807, 2.05) is 4.52 Å². The summed E-state index contributed by atoms with van der Waals surface area (Å²) >= 11 is 0. The van der Waals surface area contributed by atoms with Crippen molar-refractivity contribution in [3.05, 3.63) is 17.6 Å². The molecule has 0 amide bonds. The molecule has 0 unspecified atom stereocenters. The summed E-state index contributed by atoms with van der Waals surface area (Å²) < 4.78 is 7.10. The number of hydrogen-bond acceptors (Lipinski definition) is 6. The normalized spacial score (nSPS) is 19.0. The highest BCUT2D eigenvalue weighted by atomic mass is 16.5. The lowest BCUT2D eigenvalue weighted by Gasteiger charge is -2.36. The van der Waals surface area contributed by atoms with E-state index in [0.29, 0.717) is 0 Å². The number of rotatable bonds is 4. The van der Waals surface area contributed by atoms with Crippen molar-refractivity contribution in [2.24, 2.45) is 0 Å². The highest BCUT2D eigenvalue weighted by Crippen LogP contribution is 2.30. The molecule has 1 saturated heterocycles. The third kappa shape index (κ3) is 2.34. The fraction of sp³-hybridized carbons (Fsp3) is 0.667. The molecule has 0 radical (unpaired) electrons. The highest BCUT2D eigenvalue weighted by Gasteiger charge is 2.26. The molecule has 2 aliphatic rings. The van der Waals surface area contributed by atoms with E-state index in [2.05, 4.69) is 24.9 Å². The van der Waals surface area contributed by atoms with Crippen LogP contribution in [0.4, 0.5) is 5.82 Å². The van der Waals surface area contributed by atoms with E-state index in [-0.39, 0.29) is 0 Å². The van der Waals surface area contributed by atoms with Crippen LogP contribution in [0.25, 0.3) is 5.78 Å². The van der Waals surface area contributed by atoms with Gasteiger partial charge in [-0.15, -0.1) is 0 Å². The summed E-state index contributed by atoms with van der Waals surface area (Å²) in [7, 11) is 1.76. The average molecular weight is 302 g/mol. The fourth-order valence-electron chi connectivity index (χ4n) is 3.53. The van der Waals surface area contributed by atoms with Gasteiger partial charge in [-0.25, -0.2) is 4.98 Å². The van der Waals surface area contributed by atoms with Gasteiger partial charge in [0.05, 0.1) is 12.3 Å². The Labute approximate surface area is 129 Å². The molecule has 0 aromatic carbocycles. The second kappa shape index (κ2) is 5.81. The summed E-state index contributed by atoms with van der Waals surface area (Å²) in [4.78, 5) is 13.9. The van der Waals surface area contributed by atoms with Crippen molar-refractivity contribution in [3.8, 4) is 0 Å². The van der Waals surface area contributed by atoms with Gasteiger partial charge in [-0.05, 0) is 19.3 Å². The predicted octanol–water partition coefficient (Wildman–Crippen LogP) is 0.381. The van der Waals surface area contributed by atoms with Crippen LogP contribution in [0, 0.1) is 0 Å². The smallest absolute Gasteiger partial charge is 0.254 e. The Kier molecular flexibility index (Phi) is 3.67. The molecule has 7 heteroatoms. The lowest BCUT2D eigenvalue weighted by atomic mass is 10.2. The number of hydrogen-bond donors (Lipinski definition) is 0. The van der Waals surface area contributed by atoms with Gasteiger partial charge in [-0.3, -0.25) is 4.90 Å². The van der Waals surface area contributed by atoms with Crippen LogP contribution in [-0.4, -0.2) is 70.9 Å². The molecule has 22 heavy (non-hydrogen) atoms. The Morgan fingerprint density at radius 2 is 2.05 bits per heavy atom. The Bertz CT molecular complexity index is 661. The van der Waals surface area contributed by atoms with Gasteiger partial charge in [0.1, 0.15) is 12.1 Å². The van der Waals surface area contributed by atoms with Crippen LogP contribution in [0.3, 0.4) is 0 Å². The first-order chi connectivity index (χ1) is 10.9. The maximum absolute atomic E-state index is 5.18. The van der Waals surface area contributed by atoms with Crippen molar-refractivity contribution in [2.75, 3.05) is 51.3 Å². The Hall–Kier alpha value is -1.73. The van der Waals surface area contributed by atoms with Crippen LogP contribution < -0.4 is 4.90 Å². The number of fused-ring (bicyclic) bond motifs is 2. The van der Waals surface area contributed by atoms with Gasteiger partial charge in [-0.2, -0.15) is 14.6 Å². The standard InChI is InChI=1S/C15H22N6O/c1-22-10-9-19-5-7-20(8-6-19)14-12-3-2-4-13(12)18-15-16-11-17-21(14)15/h11H,2-10H2,1H3. The molecule has 0 N–H and O–H groups in total. The van der Waals surface area contributed by atoms with Crippen LogP contribution >= 0.6 is 0 Å². The van der Waals surface area contributed by atoms with Gasteiger partial charge >= 0.3 is 0 Å². The Balaban J connectivity index is 1.61. The molecule has 1 aliphatic carbocycles. The molecule has 0 saturated carbocycles. The fourth-order valence-corrected chi connectivity index (χ4v) is 3.53. The van der Waals surface area contributed by atoms with Gasteiger partial charge in [-0.1, -0.05) is 0 Å². The number of ether oxygens (including phenoxy) is 1. The first-order valence-electron chi connectivity index (χ1n) is 8.04. The molecule has 1 fully saturated rings. The second-order valence-electron chi connectivity index (χ2n) is 6.01. The third-order valence-electron chi connectivity index (χ3n) is 4.71. The molecule has 0 atom stereocenters. The molecule has 4 rings (SSSR count). The predicted molar refractivity (Wildman–Crippen MR) is 83.3 cm³/mol. The van der Waals surface area contributed by atoms with Crippen molar-refractivity contribution in [1.82, 2.24) is 24.5 Å². The topological polar surface area (TPSA) is 58.8 Å². The van der Waals surface area contributed by atoms with E-state index in [1.54, 1.807) is 13.4 Å². The first kappa shape index (κ1) is 13.9. The van der Waals surface area contributed by atoms with Crippen LogP contribution in [0.5, 0.6) is 0 Å². The van der Waals surface area contributed by atoms with Gasteiger partial charge < -0.3 is 9.64 Å². The summed E-state index contributed by atoms with van der Waals surface area (Å²) in [5.74, 6) is 1.96. The van der Waals surface area contributed by atoms with Crippen molar-refractivity contribution < 1.29 is 4.74 Å². The third-order valence-corrected chi connectivity index (χ3v) is 4.71. The lowest BCUT2D eigenvalue weighted by molar-refractivity contribution is 0.144. The SMILES string of the molecule is COCCN1CCN(c2c3c(nc4ncnn24)CCC3)CC1. The molecule has 0 spiro atoms. The Morgan fingerprint density at radius 1 is 1.18 bits per heavy atom. The van der Waals surface area contributed by atoms with Gasteiger partial charge in [0, 0.05) is 45.4 Å². The van der Waals surface area contributed by atoms with Crippen LogP contribution in [0.1, 0.15) is 17.7 Å². The number of piperazine rings is 1. The van der Waals surface area contributed by atoms with Gasteiger partial charge in [0.2, 0.25) is 0 Å². The summed E-state index contributed by atoms with van der Waals surface area (Å²) in [5, 5.41) is 4.41. The van der Waals surface area contributed by atoms with Gasteiger partial charge in [0.25, 0.3) is 5.78 Å². The van der Waals surface area contributed by atoms with E-state index in [4.69, 9.17) is 4.74 Å². The van der Waals surface area contributed by atoms with E-state index in [0.717, 1.165) is 57.9 Å². The molecule has 2 aromatic heterocycles. The molecular weight excluding hydrogens is 280 g/mol. The zero-order chi connectivity index (χ0) is 14.9. The molecule has 7 nitrogen and oxygen atoms in total. The van der Waals surface area contributed by atoms with Crippen LogP contribution in [-0.2, 0) is 17.6 Å². The van der Waals surface area contributed by atoms with Crippen molar-refractivity contribution in [1.29, 1.82) is 0 Å². The second-order valence-corrected chi connectivity index (χ2v) is 6.01. The summed E-state index contributed by atoms with van der Waals surface area (Å²) in [6, 6.07) is 0. The summed E-state index contributed by atoms with van der Waals surface area (Å²) in [5.41, 5.74) is 2.60. The summed E-state index contributed by atoms with van der Waals surface area (Å²) in [6.45, 7) is 5.99. The maximum Gasteiger partial charge on any atom is 0.254 e. The number of aromatic nitrogens is 4. The molecule has 0 bridgehead atoms.